The highest BCUT2D eigenvalue weighted by atomic mass is 16.5. The van der Waals surface area contributed by atoms with Gasteiger partial charge < -0.3 is 14.6 Å². The number of benzene rings is 1. The first-order valence-electron chi connectivity index (χ1n) is 7.14. The van der Waals surface area contributed by atoms with Gasteiger partial charge in [0.15, 0.2) is 0 Å². The second kappa shape index (κ2) is 7.82. The molecule has 0 aliphatic heterocycles. The predicted octanol–water partition coefficient (Wildman–Crippen LogP) is 2.52. The first kappa shape index (κ1) is 14.8. The molecule has 0 bridgehead atoms. The Hall–Kier alpha value is -1.65. The molecule has 1 heterocycles. The van der Waals surface area contributed by atoms with Crippen molar-refractivity contribution in [2.75, 3.05) is 13.2 Å². The van der Waals surface area contributed by atoms with Gasteiger partial charge in [-0.2, -0.15) is 0 Å². The number of rotatable bonds is 8. The Morgan fingerprint density at radius 2 is 2.05 bits per heavy atom. The molecule has 2 rings (SSSR count). The molecule has 108 valence electrons. The number of hydrogen-bond donors (Lipinski definition) is 1. The summed E-state index contributed by atoms with van der Waals surface area (Å²) >= 11 is 0. The number of aromatic nitrogens is 2. The van der Waals surface area contributed by atoms with E-state index in [4.69, 9.17) is 4.74 Å². The molecule has 0 spiro atoms. The van der Waals surface area contributed by atoms with Crippen LogP contribution in [0.4, 0.5) is 0 Å². The van der Waals surface area contributed by atoms with Gasteiger partial charge in [-0.05, 0) is 25.0 Å². The van der Waals surface area contributed by atoms with E-state index in [1.165, 1.54) is 11.1 Å². The third-order valence-electron chi connectivity index (χ3n) is 3.35. The summed E-state index contributed by atoms with van der Waals surface area (Å²) in [7, 11) is 0. The smallest absolute Gasteiger partial charge is 0.105 e. The van der Waals surface area contributed by atoms with Crippen molar-refractivity contribution in [3.8, 4) is 0 Å². The van der Waals surface area contributed by atoms with Gasteiger partial charge in [-0.15, -0.1) is 0 Å². The molecule has 0 radical (unpaired) electrons. The fraction of sp³-hybridized carbons (Fsp3) is 0.438. The van der Waals surface area contributed by atoms with Gasteiger partial charge in [-0.3, -0.25) is 0 Å². The fourth-order valence-corrected chi connectivity index (χ4v) is 2.15. The second-order valence-electron chi connectivity index (χ2n) is 4.75. The minimum Gasteiger partial charge on any atom is -0.377 e. The van der Waals surface area contributed by atoms with E-state index in [1.807, 2.05) is 26.2 Å². The molecule has 1 aromatic heterocycles. The van der Waals surface area contributed by atoms with Crippen LogP contribution >= 0.6 is 0 Å². The van der Waals surface area contributed by atoms with Gasteiger partial charge in [0.2, 0.25) is 0 Å². The zero-order chi connectivity index (χ0) is 14.2. The summed E-state index contributed by atoms with van der Waals surface area (Å²) in [5.41, 5.74) is 2.57. The monoisotopic (exact) mass is 273 g/mol. The number of hydrogen-bond acceptors (Lipinski definition) is 3. The van der Waals surface area contributed by atoms with Crippen LogP contribution in [0.25, 0.3) is 0 Å². The molecule has 4 nitrogen and oxygen atoms in total. The molecule has 0 aliphatic carbocycles. The standard InChI is InChI=1S/C16H23N3O/c1-3-20-13-16-7-5-4-6-15(16)12-17-8-10-19-11-9-18-14(19)2/h4-7,9,11,17H,3,8,10,12-13H2,1-2H3. The van der Waals surface area contributed by atoms with Crippen molar-refractivity contribution < 1.29 is 4.74 Å². The van der Waals surface area contributed by atoms with Crippen LogP contribution in [0, 0.1) is 6.92 Å². The largest absolute Gasteiger partial charge is 0.377 e. The first-order chi connectivity index (χ1) is 9.81. The van der Waals surface area contributed by atoms with E-state index in [9.17, 15) is 0 Å². The number of nitrogens with one attached hydrogen (secondary N) is 1. The summed E-state index contributed by atoms with van der Waals surface area (Å²) in [5, 5.41) is 3.48. The maximum Gasteiger partial charge on any atom is 0.105 e. The molecule has 0 saturated carbocycles. The zero-order valence-corrected chi connectivity index (χ0v) is 12.3. The third-order valence-corrected chi connectivity index (χ3v) is 3.35. The quantitative estimate of drug-likeness (QED) is 0.751. The molecule has 0 unspecified atom stereocenters. The lowest BCUT2D eigenvalue weighted by Crippen LogP contribution is -2.20. The van der Waals surface area contributed by atoms with Gasteiger partial charge >= 0.3 is 0 Å². The first-order valence-corrected chi connectivity index (χ1v) is 7.14. The SMILES string of the molecule is CCOCc1ccccc1CNCCn1ccnc1C. The maximum atomic E-state index is 5.50. The Kier molecular flexibility index (Phi) is 5.77. The topological polar surface area (TPSA) is 39.1 Å². The van der Waals surface area contributed by atoms with Crippen LogP contribution in [0.1, 0.15) is 23.9 Å². The Morgan fingerprint density at radius 3 is 2.75 bits per heavy atom. The lowest BCUT2D eigenvalue weighted by atomic mass is 10.1. The molecule has 1 N–H and O–H groups in total. The van der Waals surface area contributed by atoms with Crippen molar-refractivity contribution in [2.45, 2.75) is 33.5 Å². The Bertz CT molecular complexity index is 522. The van der Waals surface area contributed by atoms with Crippen molar-refractivity contribution >= 4 is 0 Å². The molecule has 0 amide bonds. The molecule has 0 fully saturated rings. The predicted molar refractivity (Wildman–Crippen MR) is 80.4 cm³/mol. The van der Waals surface area contributed by atoms with Crippen molar-refractivity contribution in [2.24, 2.45) is 0 Å². The van der Waals surface area contributed by atoms with E-state index in [1.54, 1.807) is 0 Å². The van der Waals surface area contributed by atoms with E-state index in [-0.39, 0.29) is 0 Å². The minimum absolute atomic E-state index is 0.689. The normalized spacial score (nSPS) is 10.9. The number of ether oxygens (including phenoxy) is 1. The summed E-state index contributed by atoms with van der Waals surface area (Å²) < 4.78 is 7.65. The highest BCUT2D eigenvalue weighted by molar-refractivity contribution is 5.26. The van der Waals surface area contributed by atoms with E-state index in [0.29, 0.717) is 6.61 Å². The van der Waals surface area contributed by atoms with Gasteiger partial charge in [-0.1, -0.05) is 24.3 Å². The van der Waals surface area contributed by atoms with Crippen LogP contribution in [0.15, 0.2) is 36.7 Å². The van der Waals surface area contributed by atoms with E-state index >= 15 is 0 Å². The zero-order valence-electron chi connectivity index (χ0n) is 12.3. The van der Waals surface area contributed by atoms with Crippen LogP contribution in [-0.4, -0.2) is 22.7 Å². The van der Waals surface area contributed by atoms with E-state index < -0.39 is 0 Å². The minimum atomic E-state index is 0.689. The summed E-state index contributed by atoms with van der Waals surface area (Å²) in [6.07, 6.45) is 3.85. The van der Waals surface area contributed by atoms with Crippen LogP contribution in [0.3, 0.4) is 0 Å². The molecule has 0 aliphatic rings. The van der Waals surface area contributed by atoms with Gasteiger partial charge in [0.25, 0.3) is 0 Å². The summed E-state index contributed by atoms with van der Waals surface area (Å²) in [6, 6.07) is 8.43. The summed E-state index contributed by atoms with van der Waals surface area (Å²) in [4.78, 5) is 4.22. The number of imidazole rings is 1. The van der Waals surface area contributed by atoms with Gasteiger partial charge in [0, 0.05) is 38.6 Å². The Balaban J connectivity index is 1.80. The summed E-state index contributed by atoms with van der Waals surface area (Å²) in [6.45, 7) is 8.24. The average Bonchev–Trinajstić information content (AvgIpc) is 2.88. The van der Waals surface area contributed by atoms with Crippen molar-refractivity contribution in [1.82, 2.24) is 14.9 Å². The molecular formula is C16H23N3O. The molecule has 2 aromatic rings. The molecule has 4 heteroatoms. The van der Waals surface area contributed by atoms with Crippen molar-refractivity contribution in [3.05, 3.63) is 53.6 Å². The van der Waals surface area contributed by atoms with E-state index in [2.05, 4.69) is 39.1 Å². The highest BCUT2D eigenvalue weighted by Gasteiger charge is 2.01. The van der Waals surface area contributed by atoms with Crippen LogP contribution in [-0.2, 0) is 24.4 Å². The van der Waals surface area contributed by atoms with Crippen LogP contribution in [0.2, 0.25) is 0 Å². The third kappa shape index (κ3) is 4.18. The molecule has 20 heavy (non-hydrogen) atoms. The van der Waals surface area contributed by atoms with Gasteiger partial charge in [0.05, 0.1) is 6.61 Å². The average molecular weight is 273 g/mol. The summed E-state index contributed by atoms with van der Waals surface area (Å²) in [5.74, 6) is 1.06. The van der Waals surface area contributed by atoms with Gasteiger partial charge in [-0.25, -0.2) is 4.98 Å². The Morgan fingerprint density at radius 1 is 1.25 bits per heavy atom. The Labute approximate surface area is 120 Å². The lowest BCUT2D eigenvalue weighted by Gasteiger charge is -2.11. The van der Waals surface area contributed by atoms with Crippen LogP contribution < -0.4 is 5.32 Å². The number of aryl methyl sites for hydroxylation is 1. The molecule has 0 saturated heterocycles. The molecule has 1 aromatic carbocycles. The number of nitrogens with zero attached hydrogens (tertiary/aromatic N) is 2. The molecule has 0 atom stereocenters. The highest BCUT2D eigenvalue weighted by Crippen LogP contribution is 2.09. The van der Waals surface area contributed by atoms with E-state index in [0.717, 1.165) is 32.1 Å². The lowest BCUT2D eigenvalue weighted by molar-refractivity contribution is 0.133. The second-order valence-corrected chi connectivity index (χ2v) is 4.75. The van der Waals surface area contributed by atoms with Crippen molar-refractivity contribution in [1.29, 1.82) is 0 Å². The fourth-order valence-electron chi connectivity index (χ4n) is 2.15. The molecular weight excluding hydrogens is 250 g/mol. The van der Waals surface area contributed by atoms with Gasteiger partial charge in [0.1, 0.15) is 5.82 Å². The van der Waals surface area contributed by atoms with Crippen molar-refractivity contribution in [3.63, 3.8) is 0 Å². The van der Waals surface area contributed by atoms with Crippen LogP contribution in [0.5, 0.6) is 0 Å². The maximum absolute atomic E-state index is 5.50.